The van der Waals surface area contributed by atoms with E-state index in [2.05, 4.69) is 10.3 Å². The van der Waals surface area contributed by atoms with Crippen LogP contribution in [0.1, 0.15) is 26.2 Å². The van der Waals surface area contributed by atoms with Gasteiger partial charge in [-0.15, -0.1) is 11.3 Å². The number of carbonyl (C=O) groups is 1. The summed E-state index contributed by atoms with van der Waals surface area (Å²) >= 11 is 1.59. The topological polar surface area (TPSA) is 60.5 Å². The summed E-state index contributed by atoms with van der Waals surface area (Å²) in [5.74, 6) is -0.146. The lowest BCUT2D eigenvalue weighted by molar-refractivity contribution is -0.130. The van der Waals surface area contributed by atoms with Crippen LogP contribution in [0.15, 0.2) is 35.8 Å². The van der Waals surface area contributed by atoms with Crippen molar-refractivity contribution in [1.82, 2.24) is 4.98 Å². The number of ether oxygens (including phenoxy) is 2. The molecule has 1 amide bonds. The number of benzene rings is 1. The van der Waals surface area contributed by atoms with Crippen LogP contribution in [0.2, 0.25) is 0 Å². The van der Waals surface area contributed by atoms with Gasteiger partial charge in [0, 0.05) is 29.4 Å². The van der Waals surface area contributed by atoms with Crippen LogP contribution >= 0.6 is 11.3 Å². The molecule has 2 heterocycles. The summed E-state index contributed by atoms with van der Waals surface area (Å²) < 4.78 is 11.3. The summed E-state index contributed by atoms with van der Waals surface area (Å²) in [5, 5.41) is 5.79. The van der Waals surface area contributed by atoms with Crippen molar-refractivity contribution in [3.8, 4) is 10.6 Å². The summed E-state index contributed by atoms with van der Waals surface area (Å²) in [6.45, 7) is 3.03. The number of hydrogen-bond acceptors (Lipinski definition) is 5. The molecule has 1 aliphatic heterocycles. The molecule has 1 saturated heterocycles. The van der Waals surface area contributed by atoms with Gasteiger partial charge in [0.2, 0.25) is 0 Å². The molecule has 6 heteroatoms. The summed E-state index contributed by atoms with van der Waals surface area (Å²) in [5.41, 5.74) is 1.80. The van der Waals surface area contributed by atoms with Crippen molar-refractivity contribution >= 4 is 22.9 Å². The lowest BCUT2D eigenvalue weighted by atomic mass is 10.1. The highest BCUT2D eigenvalue weighted by Crippen LogP contribution is 2.23. The predicted octanol–water partition coefficient (Wildman–Crippen LogP) is 3.72. The highest BCUT2D eigenvalue weighted by atomic mass is 32.1. The van der Waals surface area contributed by atoms with Crippen LogP contribution in [0.4, 0.5) is 5.69 Å². The Bertz CT molecular complexity index is 637. The Morgan fingerprint density at radius 2 is 2.25 bits per heavy atom. The number of aromatic nitrogens is 1. The van der Waals surface area contributed by atoms with E-state index in [0.29, 0.717) is 6.61 Å². The predicted molar refractivity (Wildman–Crippen MR) is 95.2 cm³/mol. The normalized spacial score (nSPS) is 19.0. The van der Waals surface area contributed by atoms with Gasteiger partial charge in [-0.1, -0.05) is 0 Å². The zero-order valence-corrected chi connectivity index (χ0v) is 14.6. The Kier molecular flexibility index (Phi) is 5.96. The summed E-state index contributed by atoms with van der Waals surface area (Å²) in [4.78, 5) is 16.5. The molecule has 1 aromatic heterocycles. The maximum Gasteiger partial charge on any atom is 0.253 e. The van der Waals surface area contributed by atoms with E-state index in [1.54, 1.807) is 24.5 Å². The molecule has 3 rings (SSSR count). The largest absolute Gasteiger partial charge is 0.376 e. The van der Waals surface area contributed by atoms with Crippen molar-refractivity contribution in [2.45, 2.75) is 38.4 Å². The number of hydrogen-bond donors (Lipinski definition) is 1. The van der Waals surface area contributed by atoms with E-state index in [4.69, 9.17) is 9.47 Å². The molecular weight excluding hydrogens is 324 g/mol. The van der Waals surface area contributed by atoms with E-state index in [1.807, 2.05) is 29.6 Å². The zero-order valence-electron chi connectivity index (χ0n) is 13.7. The van der Waals surface area contributed by atoms with E-state index < -0.39 is 6.10 Å². The van der Waals surface area contributed by atoms with Crippen LogP contribution in [0.5, 0.6) is 0 Å². The lowest BCUT2D eigenvalue weighted by Gasteiger charge is -2.23. The van der Waals surface area contributed by atoms with Gasteiger partial charge >= 0.3 is 0 Å². The minimum absolute atomic E-state index is 0.117. The van der Waals surface area contributed by atoms with Crippen LogP contribution < -0.4 is 5.32 Å². The minimum atomic E-state index is -0.505. The van der Waals surface area contributed by atoms with Gasteiger partial charge in [0.15, 0.2) is 0 Å². The molecule has 1 aliphatic rings. The van der Waals surface area contributed by atoms with Crippen LogP contribution in [0, 0.1) is 0 Å². The maximum atomic E-state index is 12.2. The van der Waals surface area contributed by atoms with Crippen molar-refractivity contribution in [1.29, 1.82) is 0 Å². The number of nitrogens with one attached hydrogen (secondary N) is 1. The highest BCUT2D eigenvalue weighted by molar-refractivity contribution is 7.13. The minimum Gasteiger partial charge on any atom is -0.376 e. The third-order valence-electron chi connectivity index (χ3n) is 4.01. The molecule has 24 heavy (non-hydrogen) atoms. The molecule has 2 unspecified atom stereocenters. The molecule has 1 aromatic carbocycles. The standard InChI is InChI=1S/C18H22N2O3S/c1-13(23-12-16-4-2-3-10-22-16)17(21)20-15-7-5-14(6-8-15)18-19-9-11-24-18/h5-9,11,13,16H,2-4,10,12H2,1H3,(H,20,21). The second kappa shape index (κ2) is 8.37. The molecule has 1 N–H and O–H groups in total. The van der Waals surface area contributed by atoms with Crippen LogP contribution in [0.25, 0.3) is 10.6 Å². The molecule has 5 nitrogen and oxygen atoms in total. The Balaban J connectivity index is 1.48. The maximum absolute atomic E-state index is 12.2. The van der Waals surface area contributed by atoms with E-state index in [0.717, 1.165) is 35.7 Å². The molecule has 0 spiro atoms. The Morgan fingerprint density at radius 1 is 1.42 bits per heavy atom. The monoisotopic (exact) mass is 346 g/mol. The van der Waals surface area contributed by atoms with Crippen molar-refractivity contribution in [2.75, 3.05) is 18.5 Å². The highest BCUT2D eigenvalue weighted by Gasteiger charge is 2.19. The zero-order chi connectivity index (χ0) is 16.8. The number of thiazole rings is 1. The van der Waals surface area contributed by atoms with Crippen LogP contribution in [0.3, 0.4) is 0 Å². The summed E-state index contributed by atoms with van der Waals surface area (Å²) in [6.07, 6.45) is 4.68. The fraction of sp³-hybridized carbons (Fsp3) is 0.444. The van der Waals surface area contributed by atoms with Gasteiger partial charge in [0.25, 0.3) is 5.91 Å². The average Bonchev–Trinajstić information content (AvgIpc) is 3.16. The first-order valence-electron chi connectivity index (χ1n) is 8.26. The quantitative estimate of drug-likeness (QED) is 0.866. The molecule has 2 atom stereocenters. The van der Waals surface area contributed by atoms with Gasteiger partial charge in [0.1, 0.15) is 11.1 Å². The molecule has 0 radical (unpaired) electrons. The molecule has 1 fully saturated rings. The van der Waals surface area contributed by atoms with Crippen LogP contribution in [-0.2, 0) is 14.3 Å². The molecule has 0 saturated carbocycles. The third-order valence-corrected chi connectivity index (χ3v) is 4.83. The van der Waals surface area contributed by atoms with Crippen molar-refractivity contribution in [2.24, 2.45) is 0 Å². The summed E-state index contributed by atoms with van der Waals surface area (Å²) in [6, 6.07) is 7.67. The van der Waals surface area contributed by atoms with Crippen molar-refractivity contribution in [3.05, 3.63) is 35.8 Å². The molecule has 2 aromatic rings. The van der Waals surface area contributed by atoms with Gasteiger partial charge in [-0.25, -0.2) is 4.98 Å². The number of amides is 1. The third kappa shape index (κ3) is 4.63. The summed E-state index contributed by atoms with van der Waals surface area (Å²) in [7, 11) is 0. The van der Waals surface area contributed by atoms with Crippen molar-refractivity contribution in [3.63, 3.8) is 0 Å². The number of nitrogens with zero attached hydrogens (tertiary/aromatic N) is 1. The van der Waals surface area contributed by atoms with Gasteiger partial charge in [0.05, 0.1) is 12.7 Å². The fourth-order valence-corrected chi connectivity index (χ4v) is 3.22. The SMILES string of the molecule is CC(OCC1CCCCO1)C(=O)Nc1ccc(-c2nccs2)cc1. The van der Waals surface area contributed by atoms with E-state index in [9.17, 15) is 4.79 Å². The van der Waals surface area contributed by atoms with Gasteiger partial charge in [-0.2, -0.15) is 0 Å². The Morgan fingerprint density at radius 3 is 2.92 bits per heavy atom. The number of anilines is 1. The van der Waals surface area contributed by atoms with Crippen molar-refractivity contribution < 1.29 is 14.3 Å². The smallest absolute Gasteiger partial charge is 0.253 e. The van der Waals surface area contributed by atoms with E-state index >= 15 is 0 Å². The Labute approximate surface area is 146 Å². The molecule has 128 valence electrons. The molecule has 0 bridgehead atoms. The molecule has 0 aliphatic carbocycles. The first kappa shape index (κ1) is 17.1. The number of carbonyl (C=O) groups excluding carboxylic acids is 1. The second-order valence-electron chi connectivity index (χ2n) is 5.87. The first-order chi connectivity index (χ1) is 11.7. The number of rotatable bonds is 6. The van der Waals surface area contributed by atoms with E-state index in [-0.39, 0.29) is 12.0 Å². The van der Waals surface area contributed by atoms with Gasteiger partial charge < -0.3 is 14.8 Å². The fourth-order valence-electron chi connectivity index (χ4n) is 2.57. The van der Waals surface area contributed by atoms with Gasteiger partial charge in [-0.05, 0) is 50.5 Å². The second-order valence-corrected chi connectivity index (χ2v) is 6.76. The average molecular weight is 346 g/mol. The Hall–Kier alpha value is -1.76. The van der Waals surface area contributed by atoms with E-state index in [1.165, 1.54) is 6.42 Å². The van der Waals surface area contributed by atoms with Gasteiger partial charge in [-0.3, -0.25) is 4.79 Å². The van der Waals surface area contributed by atoms with Crippen LogP contribution in [-0.4, -0.2) is 36.3 Å². The first-order valence-corrected chi connectivity index (χ1v) is 9.14. The lowest BCUT2D eigenvalue weighted by Crippen LogP contribution is -2.32. The molecular formula is C18H22N2O3S.